The van der Waals surface area contributed by atoms with Crippen LogP contribution < -0.4 is 0 Å². The topological polar surface area (TPSA) is 34.1 Å². The molecule has 2 aromatic carbocycles. The molecule has 0 unspecified atom stereocenters. The number of hydrogen-bond donors (Lipinski definition) is 0. The lowest BCUT2D eigenvalue weighted by Crippen LogP contribution is -2.21. The number of thioether (sulfide) groups is 1. The van der Waals surface area contributed by atoms with Crippen molar-refractivity contribution in [2.75, 3.05) is 5.75 Å². The van der Waals surface area contributed by atoms with E-state index in [-0.39, 0.29) is 11.6 Å². The Morgan fingerprint density at radius 1 is 0.621 bits per heavy atom. The van der Waals surface area contributed by atoms with E-state index in [2.05, 4.69) is 6.92 Å². The third-order valence-electron chi connectivity index (χ3n) is 5.67. The van der Waals surface area contributed by atoms with Crippen LogP contribution in [0.5, 0.6) is 0 Å². The summed E-state index contributed by atoms with van der Waals surface area (Å²) in [5.74, 6) is 0.953. The minimum atomic E-state index is -0.0309. The summed E-state index contributed by atoms with van der Waals surface area (Å²) in [5, 5.41) is 0. The zero-order valence-corrected chi connectivity index (χ0v) is 18.4. The lowest BCUT2D eigenvalue weighted by molar-refractivity contribution is 0.0977. The Bertz CT molecular complexity index is 840. The molecule has 0 amide bonds. The summed E-state index contributed by atoms with van der Waals surface area (Å²) in [6.45, 7) is 2.26. The Morgan fingerprint density at radius 2 is 1.17 bits per heavy atom. The van der Waals surface area contributed by atoms with Crippen LogP contribution in [-0.4, -0.2) is 17.3 Å². The maximum absolute atomic E-state index is 13.0. The van der Waals surface area contributed by atoms with Gasteiger partial charge in [-0.05, 0) is 18.2 Å². The molecule has 0 aromatic heterocycles. The Balaban J connectivity index is 1.46. The van der Waals surface area contributed by atoms with Gasteiger partial charge >= 0.3 is 0 Å². The Morgan fingerprint density at radius 3 is 1.83 bits per heavy atom. The first-order chi connectivity index (χ1) is 14.2. The summed E-state index contributed by atoms with van der Waals surface area (Å²) in [7, 11) is 0. The molecule has 0 saturated heterocycles. The van der Waals surface area contributed by atoms with E-state index in [0.717, 1.165) is 17.1 Å². The highest BCUT2D eigenvalue weighted by molar-refractivity contribution is 7.99. The van der Waals surface area contributed by atoms with E-state index < -0.39 is 0 Å². The molecule has 0 aliphatic heterocycles. The van der Waals surface area contributed by atoms with E-state index in [1.807, 2.05) is 24.3 Å². The molecule has 2 aromatic rings. The maximum atomic E-state index is 13.0. The zero-order valence-electron chi connectivity index (χ0n) is 17.5. The van der Waals surface area contributed by atoms with Gasteiger partial charge in [0.05, 0.1) is 0 Å². The average molecular weight is 409 g/mol. The fraction of sp³-hybridized carbons (Fsp3) is 0.462. The minimum Gasteiger partial charge on any atom is -0.289 e. The predicted molar refractivity (Wildman–Crippen MR) is 122 cm³/mol. The van der Waals surface area contributed by atoms with Crippen molar-refractivity contribution in [1.82, 2.24) is 0 Å². The van der Waals surface area contributed by atoms with Gasteiger partial charge in [-0.1, -0.05) is 101 Å². The van der Waals surface area contributed by atoms with Crippen LogP contribution >= 0.6 is 11.8 Å². The molecule has 3 rings (SSSR count). The molecular weight excluding hydrogens is 376 g/mol. The van der Waals surface area contributed by atoms with Gasteiger partial charge in [0.1, 0.15) is 0 Å². The van der Waals surface area contributed by atoms with E-state index in [1.54, 1.807) is 30.0 Å². The number of unbranched alkanes of at least 4 members (excludes halogenated alkanes) is 9. The summed E-state index contributed by atoms with van der Waals surface area (Å²) >= 11 is 1.72. The second-order valence-corrected chi connectivity index (χ2v) is 9.05. The van der Waals surface area contributed by atoms with Gasteiger partial charge in [0.2, 0.25) is 0 Å². The van der Waals surface area contributed by atoms with Crippen molar-refractivity contribution in [3.63, 3.8) is 0 Å². The summed E-state index contributed by atoms with van der Waals surface area (Å²) in [6.07, 6.45) is 13.2. The van der Waals surface area contributed by atoms with Crippen molar-refractivity contribution in [1.29, 1.82) is 0 Å². The fourth-order valence-corrected chi connectivity index (χ4v) is 5.10. The third-order valence-corrected chi connectivity index (χ3v) is 6.81. The maximum Gasteiger partial charge on any atom is 0.195 e. The van der Waals surface area contributed by atoms with Crippen molar-refractivity contribution in [3.05, 3.63) is 64.7 Å². The van der Waals surface area contributed by atoms with Gasteiger partial charge in [0, 0.05) is 27.1 Å². The first kappa shape index (κ1) is 21.8. The predicted octanol–water partition coefficient (Wildman–Crippen LogP) is 7.48. The van der Waals surface area contributed by atoms with Gasteiger partial charge in [-0.3, -0.25) is 9.59 Å². The van der Waals surface area contributed by atoms with Crippen LogP contribution in [0.2, 0.25) is 0 Å². The van der Waals surface area contributed by atoms with Crippen molar-refractivity contribution in [3.8, 4) is 0 Å². The summed E-state index contributed by atoms with van der Waals surface area (Å²) in [6, 6.07) is 12.8. The van der Waals surface area contributed by atoms with E-state index in [9.17, 15) is 9.59 Å². The third kappa shape index (κ3) is 5.60. The van der Waals surface area contributed by atoms with Gasteiger partial charge in [-0.25, -0.2) is 0 Å². The number of carbonyl (C=O) groups is 2. The number of hydrogen-bond acceptors (Lipinski definition) is 3. The lowest BCUT2D eigenvalue weighted by Gasteiger charge is -2.19. The first-order valence-corrected chi connectivity index (χ1v) is 12.2. The Kier molecular flexibility index (Phi) is 8.54. The number of benzene rings is 2. The van der Waals surface area contributed by atoms with Crippen LogP contribution in [0.1, 0.15) is 103 Å². The van der Waals surface area contributed by atoms with E-state index >= 15 is 0 Å². The second-order valence-electron chi connectivity index (χ2n) is 7.91. The molecular formula is C26H32O2S. The van der Waals surface area contributed by atoms with Crippen LogP contribution in [0.4, 0.5) is 0 Å². The van der Waals surface area contributed by atoms with Crippen molar-refractivity contribution < 1.29 is 9.59 Å². The molecule has 0 bridgehead atoms. The molecule has 0 atom stereocenters. The highest BCUT2D eigenvalue weighted by atomic mass is 32.2. The Hall–Kier alpha value is -1.87. The van der Waals surface area contributed by atoms with Gasteiger partial charge in [-0.15, -0.1) is 11.8 Å². The van der Waals surface area contributed by atoms with Crippen molar-refractivity contribution in [2.24, 2.45) is 0 Å². The van der Waals surface area contributed by atoms with Crippen LogP contribution in [0.15, 0.2) is 47.4 Å². The zero-order chi connectivity index (χ0) is 20.5. The van der Waals surface area contributed by atoms with Crippen LogP contribution in [0.25, 0.3) is 0 Å². The van der Waals surface area contributed by atoms with Crippen LogP contribution in [-0.2, 0) is 0 Å². The molecule has 0 radical (unpaired) electrons. The quantitative estimate of drug-likeness (QED) is 0.230. The molecule has 1 aliphatic rings. The molecule has 0 N–H and O–H groups in total. The molecule has 154 valence electrons. The van der Waals surface area contributed by atoms with E-state index in [0.29, 0.717) is 22.3 Å². The number of rotatable bonds is 12. The molecule has 0 spiro atoms. The smallest absolute Gasteiger partial charge is 0.195 e. The van der Waals surface area contributed by atoms with E-state index in [4.69, 9.17) is 0 Å². The number of fused-ring (bicyclic) bond motifs is 2. The molecule has 1 aliphatic carbocycles. The van der Waals surface area contributed by atoms with Crippen molar-refractivity contribution in [2.45, 2.75) is 76.0 Å². The molecule has 29 heavy (non-hydrogen) atoms. The van der Waals surface area contributed by atoms with Crippen LogP contribution in [0.3, 0.4) is 0 Å². The average Bonchev–Trinajstić information content (AvgIpc) is 2.75. The van der Waals surface area contributed by atoms with Gasteiger partial charge in [0.25, 0.3) is 0 Å². The molecule has 2 nitrogen and oxygen atoms in total. The van der Waals surface area contributed by atoms with Crippen molar-refractivity contribution >= 4 is 23.3 Å². The molecule has 0 fully saturated rings. The van der Waals surface area contributed by atoms with E-state index in [1.165, 1.54) is 57.8 Å². The summed E-state index contributed by atoms with van der Waals surface area (Å²) in [4.78, 5) is 26.8. The summed E-state index contributed by atoms with van der Waals surface area (Å²) < 4.78 is 0. The number of carbonyl (C=O) groups excluding carboxylic acids is 2. The SMILES string of the molecule is CCCCCCCCCCCCSc1cccc2c1C(=O)c1ccccc1C2=O. The normalized spacial score (nSPS) is 12.7. The minimum absolute atomic E-state index is 0.0126. The number of ketones is 2. The monoisotopic (exact) mass is 408 g/mol. The fourth-order valence-electron chi connectivity index (χ4n) is 4.01. The highest BCUT2D eigenvalue weighted by Crippen LogP contribution is 2.34. The molecule has 0 heterocycles. The standard InChI is InChI=1S/C26H32O2S/c1-2-3-4-5-6-7-8-9-10-13-19-29-23-18-14-17-22-24(23)26(28)21-16-12-11-15-20(21)25(22)27/h11-12,14-18H,2-10,13,19H2,1H3. The van der Waals surface area contributed by atoms with Gasteiger partial charge in [0.15, 0.2) is 11.6 Å². The molecule has 3 heteroatoms. The highest BCUT2D eigenvalue weighted by Gasteiger charge is 2.31. The summed E-state index contributed by atoms with van der Waals surface area (Å²) in [5.41, 5.74) is 2.23. The lowest BCUT2D eigenvalue weighted by atomic mass is 9.84. The van der Waals surface area contributed by atoms with Gasteiger partial charge < -0.3 is 0 Å². The molecule has 0 saturated carbocycles. The van der Waals surface area contributed by atoms with Gasteiger partial charge in [-0.2, -0.15) is 0 Å². The van der Waals surface area contributed by atoms with Crippen LogP contribution in [0, 0.1) is 0 Å². The second kappa shape index (κ2) is 11.3. The Labute approximate surface area is 179 Å². The first-order valence-electron chi connectivity index (χ1n) is 11.2. The largest absolute Gasteiger partial charge is 0.289 e.